The van der Waals surface area contributed by atoms with Crippen LogP contribution < -0.4 is 17.0 Å². The molecule has 0 saturated carbocycles. The molecule has 1 N–H and O–H groups in total. The number of aromatic nitrogens is 2. The summed E-state index contributed by atoms with van der Waals surface area (Å²) in [4.78, 5) is 3.27. The largest absolute Gasteiger partial charge is 1.00 e. The van der Waals surface area contributed by atoms with Crippen LogP contribution in [0.25, 0.3) is 6.08 Å². The number of aromatic amines is 1. The first-order valence-electron chi connectivity index (χ1n) is 5.04. The summed E-state index contributed by atoms with van der Waals surface area (Å²) < 4.78 is 2.12. The fourth-order valence-corrected chi connectivity index (χ4v) is 1.66. The van der Waals surface area contributed by atoms with Crippen molar-refractivity contribution in [3.05, 3.63) is 60.2 Å². The van der Waals surface area contributed by atoms with Gasteiger partial charge in [-0.3, -0.25) is 0 Å². The number of hydrogen-bond donors (Lipinski definition) is 1. The van der Waals surface area contributed by atoms with Crippen LogP contribution in [0.5, 0.6) is 0 Å². The molecule has 3 heteroatoms. The molecule has 0 aliphatic rings. The number of benzene rings is 1. The van der Waals surface area contributed by atoms with E-state index in [0.29, 0.717) is 0 Å². The predicted octanol–water partition coefficient (Wildman–Crippen LogP) is -0.923. The quantitative estimate of drug-likeness (QED) is 0.663. The van der Waals surface area contributed by atoms with Crippen LogP contribution in [0.4, 0.5) is 0 Å². The van der Waals surface area contributed by atoms with E-state index in [-0.39, 0.29) is 12.4 Å². The highest BCUT2D eigenvalue weighted by molar-refractivity contribution is 5.36. The van der Waals surface area contributed by atoms with Gasteiger partial charge in [-0.1, -0.05) is 36.9 Å². The number of halogens is 1. The van der Waals surface area contributed by atoms with Crippen molar-refractivity contribution in [2.75, 3.05) is 0 Å². The highest BCUT2D eigenvalue weighted by Gasteiger charge is 2.11. The van der Waals surface area contributed by atoms with Gasteiger partial charge in [0.1, 0.15) is 6.20 Å². The maximum atomic E-state index is 3.77. The van der Waals surface area contributed by atoms with Gasteiger partial charge in [0.05, 0.1) is 13.5 Å². The Hall–Kier alpha value is -1.54. The molecule has 0 amide bonds. The second-order valence-electron chi connectivity index (χ2n) is 3.59. The van der Waals surface area contributed by atoms with Gasteiger partial charge >= 0.3 is 0 Å². The van der Waals surface area contributed by atoms with E-state index in [2.05, 4.69) is 40.4 Å². The van der Waals surface area contributed by atoms with Crippen molar-refractivity contribution in [3.63, 3.8) is 0 Å². The Morgan fingerprint density at radius 3 is 2.56 bits per heavy atom. The molecule has 0 unspecified atom stereocenters. The van der Waals surface area contributed by atoms with Gasteiger partial charge < -0.3 is 12.4 Å². The monoisotopic (exact) mass is 234 g/mol. The third-order valence-electron chi connectivity index (χ3n) is 2.60. The Kier molecular flexibility index (Phi) is 4.32. The van der Waals surface area contributed by atoms with Crippen LogP contribution in [0.15, 0.2) is 43.1 Å². The normalized spacial score (nSPS) is 9.56. The van der Waals surface area contributed by atoms with Gasteiger partial charge in [0.2, 0.25) is 0 Å². The molecule has 1 aromatic carbocycles. The summed E-state index contributed by atoms with van der Waals surface area (Å²) in [6, 6.07) is 10.4. The highest BCUT2D eigenvalue weighted by Crippen LogP contribution is 2.05. The molecular weight excluding hydrogens is 220 g/mol. The molecule has 84 valence electrons. The number of nitrogens with zero attached hydrogens (tertiary/aromatic N) is 1. The van der Waals surface area contributed by atoms with Crippen LogP contribution in [0.2, 0.25) is 0 Å². The van der Waals surface area contributed by atoms with Crippen LogP contribution in [-0.2, 0) is 13.5 Å². The molecule has 0 fully saturated rings. The Morgan fingerprint density at radius 1 is 1.31 bits per heavy atom. The lowest BCUT2D eigenvalue weighted by Gasteiger charge is -1.97. The fraction of sp³-hybridized carbons (Fsp3) is 0.154. The minimum absolute atomic E-state index is 0. The Morgan fingerprint density at radius 2 is 2.00 bits per heavy atom. The van der Waals surface area contributed by atoms with E-state index in [1.165, 1.54) is 11.4 Å². The third-order valence-corrected chi connectivity index (χ3v) is 2.60. The van der Waals surface area contributed by atoms with Crippen LogP contribution >= 0.6 is 0 Å². The molecule has 16 heavy (non-hydrogen) atoms. The number of nitrogens with one attached hydrogen (secondary N) is 1. The fourth-order valence-electron chi connectivity index (χ4n) is 1.66. The average molecular weight is 235 g/mol. The molecule has 0 atom stereocenters. The van der Waals surface area contributed by atoms with Crippen molar-refractivity contribution in [3.8, 4) is 0 Å². The van der Waals surface area contributed by atoms with E-state index in [1.807, 2.05) is 25.4 Å². The smallest absolute Gasteiger partial charge is 0.258 e. The van der Waals surface area contributed by atoms with Crippen molar-refractivity contribution in [1.29, 1.82) is 0 Å². The molecule has 0 radical (unpaired) electrons. The molecule has 0 aliphatic carbocycles. The SMILES string of the molecule is C=Cc1c[nH]c(Cc2ccccc2)[n+]1C.[Cl-]. The molecule has 0 saturated heterocycles. The zero-order valence-corrected chi connectivity index (χ0v) is 10.0. The van der Waals surface area contributed by atoms with Gasteiger partial charge in [0.25, 0.3) is 5.82 Å². The van der Waals surface area contributed by atoms with Crippen molar-refractivity contribution in [2.45, 2.75) is 6.42 Å². The predicted molar refractivity (Wildman–Crippen MR) is 61.3 cm³/mol. The molecule has 0 bridgehead atoms. The van der Waals surface area contributed by atoms with Crippen molar-refractivity contribution < 1.29 is 17.0 Å². The van der Waals surface area contributed by atoms with Gasteiger partial charge in [-0.05, 0) is 11.6 Å². The van der Waals surface area contributed by atoms with E-state index < -0.39 is 0 Å². The first kappa shape index (κ1) is 12.5. The van der Waals surface area contributed by atoms with Crippen molar-refractivity contribution >= 4 is 6.08 Å². The van der Waals surface area contributed by atoms with Crippen LogP contribution in [0, 0.1) is 0 Å². The van der Waals surface area contributed by atoms with E-state index >= 15 is 0 Å². The number of rotatable bonds is 3. The molecule has 1 heterocycles. The second kappa shape index (κ2) is 5.52. The molecule has 0 spiro atoms. The zero-order valence-electron chi connectivity index (χ0n) is 9.28. The minimum Gasteiger partial charge on any atom is -1.00 e. The number of hydrogen-bond acceptors (Lipinski definition) is 0. The second-order valence-corrected chi connectivity index (χ2v) is 3.59. The molecule has 1 aromatic heterocycles. The van der Waals surface area contributed by atoms with Crippen molar-refractivity contribution in [1.82, 2.24) is 4.98 Å². The van der Waals surface area contributed by atoms with Gasteiger partial charge in [0, 0.05) is 0 Å². The lowest BCUT2D eigenvalue weighted by atomic mass is 10.1. The summed E-state index contributed by atoms with van der Waals surface area (Å²) in [5.74, 6) is 1.19. The lowest BCUT2D eigenvalue weighted by Crippen LogP contribution is -3.00. The van der Waals surface area contributed by atoms with E-state index in [4.69, 9.17) is 0 Å². The summed E-state index contributed by atoms with van der Waals surface area (Å²) in [7, 11) is 2.05. The standard InChI is InChI=1S/C13H14N2.ClH/c1-3-12-10-14-13(15(12)2)9-11-7-5-4-6-8-11;/h3-8,10H,1,9H2,2H3;1H. The molecule has 2 aromatic rings. The zero-order chi connectivity index (χ0) is 10.7. The number of H-pyrrole nitrogens is 1. The highest BCUT2D eigenvalue weighted by atomic mass is 35.5. The van der Waals surface area contributed by atoms with Gasteiger partial charge in [-0.2, -0.15) is 0 Å². The summed E-state index contributed by atoms with van der Waals surface area (Å²) in [5, 5.41) is 0. The Bertz CT molecular complexity index is 460. The molecule has 2 nitrogen and oxygen atoms in total. The Balaban J connectivity index is 0.00000128. The van der Waals surface area contributed by atoms with Gasteiger partial charge in [-0.25, -0.2) is 9.55 Å². The summed E-state index contributed by atoms with van der Waals surface area (Å²) >= 11 is 0. The summed E-state index contributed by atoms with van der Waals surface area (Å²) in [5.41, 5.74) is 2.42. The maximum Gasteiger partial charge on any atom is 0.258 e. The molecule has 0 aliphatic heterocycles. The number of imidazole rings is 1. The first-order valence-corrected chi connectivity index (χ1v) is 5.04. The van der Waals surface area contributed by atoms with E-state index in [9.17, 15) is 0 Å². The molecule has 2 rings (SSSR count). The van der Waals surface area contributed by atoms with Crippen LogP contribution in [0.3, 0.4) is 0 Å². The van der Waals surface area contributed by atoms with E-state index in [1.54, 1.807) is 0 Å². The van der Waals surface area contributed by atoms with Gasteiger partial charge in [0.15, 0.2) is 5.69 Å². The topological polar surface area (TPSA) is 19.7 Å². The van der Waals surface area contributed by atoms with Gasteiger partial charge in [-0.15, -0.1) is 0 Å². The maximum absolute atomic E-state index is 3.77. The first-order chi connectivity index (χ1) is 7.31. The molecular formula is C13H15ClN2. The summed E-state index contributed by atoms with van der Waals surface area (Å²) in [6.45, 7) is 3.77. The van der Waals surface area contributed by atoms with Crippen molar-refractivity contribution in [2.24, 2.45) is 7.05 Å². The van der Waals surface area contributed by atoms with Crippen LogP contribution in [-0.4, -0.2) is 4.98 Å². The minimum atomic E-state index is 0. The lowest BCUT2D eigenvalue weighted by molar-refractivity contribution is -0.679. The average Bonchev–Trinajstić information content (AvgIpc) is 2.62. The summed E-state index contributed by atoms with van der Waals surface area (Å²) in [6.07, 6.45) is 4.75. The Labute approximate surface area is 102 Å². The van der Waals surface area contributed by atoms with Crippen LogP contribution in [0.1, 0.15) is 17.1 Å². The third kappa shape index (κ3) is 2.52. The van der Waals surface area contributed by atoms with E-state index in [0.717, 1.165) is 12.1 Å².